The minimum absolute atomic E-state index is 0.108. The molecule has 2 amide bonds. The number of piperidine rings is 1. The summed E-state index contributed by atoms with van der Waals surface area (Å²) in [6.07, 6.45) is -9.03. The van der Waals surface area contributed by atoms with Gasteiger partial charge in [0.15, 0.2) is 0 Å². The lowest BCUT2D eigenvalue weighted by Gasteiger charge is -2.33. The number of nitrogens with zero attached hydrogens (tertiary/aromatic N) is 3. The molecule has 2 fully saturated rings. The van der Waals surface area contributed by atoms with E-state index in [1.807, 2.05) is 0 Å². The minimum Gasteiger partial charge on any atom is -0.496 e. The molecule has 0 saturated carbocycles. The lowest BCUT2D eigenvalue weighted by atomic mass is 9.93. The Labute approximate surface area is 245 Å². The highest BCUT2D eigenvalue weighted by molar-refractivity contribution is 6.30. The summed E-state index contributed by atoms with van der Waals surface area (Å²) in [5.74, 6) is -1.89. The summed E-state index contributed by atoms with van der Waals surface area (Å²) in [4.78, 5) is 31.8. The van der Waals surface area contributed by atoms with Crippen LogP contribution in [0.3, 0.4) is 0 Å². The summed E-state index contributed by atoms with van der Waals surface area (Å²) in [5, 5.41) is 0.501. The Morgan fingerprint density at radius 2 is 1.64 bits per heavy atom. The lowest BCUT2D eigenvalue weighted by Crippen LogP contribution is -2.44. The smallest absolute Gasteiger partial charge is 0.419 e. The number of amides is 2. The van der Waals surface area contributed by atoms with Crippen molar-refractivity contribution in [3.05, 3.63) is 64.2 Å². The third-order valence-corrected chi connectivity index (χ3v) is 8.37. The Morgan fingerprint density at radius 1 is 1.00 bits per heavy atom. The van der Waals surface area contributed by atoms with Crippen LogP contribution >= 0.6 is 11.6 Å². The molecule has 0 aromatic heterocycles. The van der Waals surface area contributed by atoms with Crippen LogP contribution < -0.4 is 4.74 Å². The monoisotopic (exact) mass is 619 g/mol. The van der Waals surface area contributed by atoms with E-state index in [4.69, 9.17) is 16.3 Å². The van der Waals surface area contributed by atoms with Crippen molar-refractivity contribution in [1.29, 1.82) is 0 Å². The molecule has 13 heteroatoms. The molecule has 0 aliphatic carbocycles. The molecule has 2 aromatic rings. The minimum atomic E-state index is -4.73. The SMILES string of the molecule is COc1ccc(C(=O)N(C)C2CN(C(=O)C3CCN(CCC(F)(F)F)CC3)CC2c2ccc(Cl)cc2)cc1C(F)(F)F. The van der Waals surface area contributed by atoms with Gasteiger partial charge >= 0.3 is 12.4 Å². The Bertz CT molecular complexity index is 1260. The van der Waals surface area contributed by atoms with Crippen LogP contribution in [0.5, 0.6) is 5.75 Å². The summed E-state index contributed by atoms with van der Waals surface area (Å²) < 4.78 is 83.5. The maximum absolute atomic E-state index is 13.6. The predicted molar refractivity (Wildman–Crippen MR) is 144 cm³/mol. The molecule has 0 bridgehead atoms. The highest BCUT2D eigenvalue weighted by Gasteiger charge is 2.43. The van der Waals surface area contributed by atoms with Gasteiger partial charge in [-0.3, -0.25) is 9.59 Å². The number of alkyl halides is 6. The van der Waals surface area contributed by atoms with E-state index in [9.17, 15) is 35.9 Å². The van der Waals surface area contributed by atoms with E-state index in [1.54, 1.807) is 34.1 Å². The molecule has 230 valence electrons. The highest BCUT2D eigenvalue weighted by atomic mass is 35.5. The van der Waals surface area contributed by atoms with E-state index in [1.165, 1.54) is 18.0 Å². The molecule has 2 heterocycles. The number of carbonyl (C=O) groups excluding carboxylic acids is 2. The zero-order valence-electron chi connectivity index (χ0n) is 23.1. The quantitative estimate of drug-likeness (QED) is 0.352. The number of halogens is 7. The number of likely N-dealkylation sites (N-methyl/N-ethyl adjacent to an activating group) is 1. The molecular formula is C29H32ClF6N3O3. The molecule has 2 aliphatic rings. The summed E-state index contributed by atoms with van der Waals surface area (Å²) in [6, 6.07) is 9.55. The van der Waals surface area contributed by atoms with Gasteiger partial charge in [0.05, 0.1) is 25.1 Å². The van der Waals surface area contributed by atoms with E-state index in [2.05, 4.69) is 0 Å². The van der Waals surface area contributed by atoms with Gasteiger partial charge in [-0.2, -0.15) is 26.3 Å². The van der Waals surface area contributed by atoms with Crippen molar-refractivity contribution in [2.24, 2.45) is 5.92 Å². The van der Waals surface area contributed by atoms with Crippen LogP contribution in [0.1, 0.15) is 46.7 Å². The van der Waals surface area contributed by atoms with Crippen LogP contribution in [0.25, 0.3) is 0 Å². The molecule has 42 heavy (non-hydrogen) atoms. The van der Waals surface area contributed by atoms with Gasteiger partial charge in [-0.05, 0) is 61.8 Å². The first-order valence-corrected chi connectivity index (χ1v) is 13.9. The summed E-state index contributed by atoms with van der Waals surface area (Å²) in [7, 11) is 2.62. The van der Waals surface area contributed by atoms with Crippen LogP contribution in [0, 0.1) is 5.92 Å². The molecule has 2 saturated heterocycles. The van der Waals surface area contributed by atoms with Crippen molar-refractivity contribution in [3.63, 3.8) is 0 Å². The molecule has 0 spiro atoms. The summed E-state index contributed by atoms with van der Waals surface area (Å²) in [5.41, 5.74) is -0.424. The Balaban J connectivity index is 1.52. The topological polar surface area (TPSA) is 53.1 Å². The second-order valence-electron chi connectivity index (χ2n) is 10.8. The summed E-state index contributed by atoms with van der Waals surface area (Å²) in [6.45, 7) is 1.07. The number of ether oxygens (including phenoxy) is 1. The number of carbonyl (C=O) groups is 2. The first-order chi connectivity index (χ1) is 19.7. The number of hydrogen-bond donors (Lipinski definition) is 0. The zero-order valence-corrected chi connectivity index (χ0v) is 23.9. The predicted octanol–water partition coefficient (Wildman–Crippen LogP) is 6.10. The van der Waals surface area contributed by atoms with E-state index in [-0.39, 0.29) is 42.9 Å². The molecule has 2 unspecified atom stereocenters. The summed E-state index contributed by atoms with van der Waals surface area (Å²) >= 11 is 6.07. The van der Waals surface area contributed by atoms with Crippen molar-refractivity contribution < 1.29 is 40.7 Å². The van der Waals surface area contributed by atoms with E-state index in [0.717, 1.165) is 24.8 Å². The molecular weight excluding hydrogens is 588 g/mol. The number of likely N-dealkylation sites (tertiary alicyclic amines) is 2. The van der Waals surface area contributed by atoms with Crippen LogP contribution in [0.2, 0.25) is 5.02 Å². The van der Waals surface area contributed by atoms with Crippen molar-refractivity contribution in [1.82, 2.24) is 14.7 Å². The Morgan fingerprint density at radius 3 is 2.21 bits per heavy atom. The van der Waals surface area contributed by atoms with Gasteiger partial charge in [0, 0.05) is 49.1 Å². The molecule has 0 N–H and O–H groups in total. The van der Waals surface area contributed by atoms with Gasteiger partial charge in [0.2, 0.25) is 5.91 Å². The fourth-order valence-electron chi connectivity index (χ4n) is 5.76. The van der Waals surface area contributed by atoms with Crippen molar-refractivity contribution in [2.75, 3.05) is 46.9 Å². The standard InChI is InChI=1S/C29H32ClF6N3O3/c1-37(26(40)20-5-8-25(42-2)23(15-20)29(34,35)36)24-17-39(16-22(24)18-3-6-21(30)7-4-18)27(41)19-9-12-38(13-10-19)14-11-28(31,32)33/h3-8,15,19,22,24H,9-14,16-17H2,1-2H3. The average Bonchev–Trinajstić information content (AvgIpc) is 3.40. The van der Waals surface area contributed by atoms with Gasteiger partial charge in [-0.1, -0.05) is 23.7 Å². The fourth-order valence-corrected chi connectivity index (χ4v) is 5.89. The number of hydrogen-bond acceptors (Lipinski definition) is 4. The van der Waals surface area contributed by atoms with Crippen molar-refractivity contribution in [3.8, 4) is 5.75 Å². The largest absolute Gasteiger partial charge is 0.496 e. The van der Waals surface area contributed by atoms with Crippen LogP contribution in [-0.4, -0.2) is 85.6 Å². The van der Waals surface area contributed by atoms with Gasteiger partial charge in [0.25, 0.3) is 5.91 Å². The van der Waals surface area contributed by atoms with Crippen LogP contribution in [0.4, 0.5) is 26.3 Å². The molecule has 0 radical (unpaired) electrons. The third-order valence-electron chi connectivity index (χ3n) is 8.12. The van der Waals surface area contributed by atoms with Gasteiger partial charge in [0.1, 0.15) is 5.75 Å². The van der Waals surface area contributed by atoms with Gasteiger partial charge in [-0.25, -0.2) is 0 Å². The van der Waals surface area contributed by atoms with Crippen LogP contribution in [-0.2, 0) is 11.0 Å². The van der Waals surface area contributed by atoms with E-state index in [0.29, 0.717) is 31.0 Å². The van der Waals surface area contributed by atoms with E-state index >= 15 is 0 Å². The average molecular weight is 620 g/mol. The Kier molecular flexibility index (Phi) is 9.66. The number of benzene rings is 2. The second-order valence-corrected chi connectivity index (χ2v) is 11.2. The first kappa shape index (κ1) is 31.9. The maximum atomic E-state index is 13.6. The molecule has 4 rings (SSSR count). The maximum Gasteiger partial charge on any atom is 0.419 e. The molecule has 2 aliphatic heterocycles. The Hall–Kier alpha value is -2.99. The molecule has 6 nitrogen and oxygen atoms in total. The van der Waals surface area contributed by atoms with Crippen LogP contribution in [0.15, 0.2) is 42.5 Å². The molecule has 2 aromatic carbocycles. The highest BCUT2D eigenvalue weighted by Crippen LogP contribution is 2.38. The molecule has 2 atom stereocenters. The van der Waals surface area contributed by atoms with Gasteiger partial charge < -0.3 is 19.4 Å². The van der Waals surface area contributed by atoms with Gasteiger partial charge in [-0.15, -0.1) is 0 Å². The third kappa shape index (κ3) is 7.50. The van der Waals surface area contributed by atoms with Crippen molar-refractivity contribution in [2.45, 2.75) is 43.6 Å². The first-order valence-electron chi connectivity index (χ1n) is 13.5. The van der Waals surface area contributed by atoms with E-state index < -0.39 is 42.0 Å². The fraction of sp³-hybridized carbons (Fsp3) is 0.517. The normalized spacial score (nSPS) is 20.5. The zero-order chi connectivity index (χ0) is 30.8. The second kappa shape index (κ2) is 12.7. The number of rotatable bonds is 7. The van der Waals surface area contributed by atoms with Crippen molar-refractivity contribution >= 4 is 23.4 Å². The number of methoxy groups -OCH3 is 1. The lowest BCUT2D eigenvalue weighted by molar-refractivity contribution is -0.141.